The van der Waals surface area contributed by atoms with Gasteiger partial charge in [0.15, 0.2) is 0 Å². The van der Waals surface area contributed by atoms with Crippen LogP contribution in [0.25, 0.3) is 0 Å². The number of aryl methyl sites for hydroxylation is 1. The highest BCUT2D eigenvalue weighted by Crippen LogP contribution is 2.12. The Morgan fingerprint density at radius 3 is 1.64 bits per heavy atom. The fourth-order valence-electron chi connectivity index (χ4n) is 2.70. The van der Waals surface area contributed by atoms with Gasteiger partial charge in [0.1, 0.15) is 6.61 Å². The van der Waals surface area contributed by atoms with Gasteiger partial charge in [-0.3, -0.25) is 8.98 Å². The lowest BCUT2D eigenvalue weighted by atomic mass is 10.1. The number of carbonyl (C=O) groups excluding carboxylic acids is 2. The van der Waals surface area contributed by atoms with Gasteiger partial charge in [-0.1, -0.05) is 48.0 Å². The number of carbonyl (C=O) groups is 2. The summed E-state index contributed by atoms with van der Waals surface area (Å²) < 4.78 is 55.1. The van der Waals surface area contributed by atoms with Crippen LogP contribution in [0.3, 0.4) is 0 Å². The Labute approximate surface area is 211 Å². The maximum Gasteiger partial charge on any atom is 0.379 e. The van der Waals surface area contributed by atoms with Crippen molar-refractivity contribution in [2.24, 2.45) is 0 Å². The van der Waals surface area contributed by atoms with Gasteiger partial charge in [0.05, 0.1) is 64.4 Å². The Morgan fingerprint density at radius 2 is 1.11 bits per heavy atom. The van der Waals surface area contributed by atoms with E-state index in [1.54, 1.807) is 42.5 Å². The molecule has 0 unspecified atom stereocenters. The van der Waals surface area contributed by atoms with Gasteiger partial charge >= 0.3 is 5.97 Å². The third kappa shape index (κ3) is 11.8. The summed E-state index contributed by atoms with van der Waals surface area (Å²) in [6.45, 7) is 4.03. The second-order valence-corrected chi connectivity index (χ2v) is 8.99. The number of hydrogen-bond donors (Lipinski definition) is 0. The zero-order chi connectivity index (χ0) is 26.1. The van der Waals surface area contributed by atoms with E-state index in [2.05, 4.69) is 0 Å². The second kappa shape index (κ2) is 16.9. The van der Waals surface area contributed by atoms with E-state index in [0.717, 1.165) is 5.56 Å². The van der Waals surface area contributed by atoms with Crippen molar-refractivity contribution < 1.29 is 45.9 Å². The van der Waals surface area contributed by atoms with E-state index >= 15 is 0 Å². The molecule has 0 amide bonds. The Hall–Kier alpha value is -2.67. The molecule has 0 bridgehead atoms. The smallest absolute Gasteiger partial charge is 0.379 e. The Kier molecular flexibility index (Phi) is 13.9. The van der Waals surface area contributed by atoms with Crippen LogP contribution in [-0.2, 0) is 42.8 Å². The monoisotopic (exact) mass is 524 g/mol. The number of esters is 1. The number of rotatable bonds is 19. The maximum absolute atomic E-state index is 12.0. The second-order valence-electron chi connectivity index (χ2n) is 7.37. The molecule has 0 spiro atoms. The van der Waals surface area contributed by atoms with Crippen LogP contribution >= 0.6 is 0 Å². The molecule has 11 heteroatoms. The van der Waals surface area contributed by atoms with E-state index in [9.17, 15) is 18.0 Å². The first-order valence-electron chi connectivity index (χ1n) is 11.4. The molecular formula is C25H32O10S. The molecule has 2 aromatic rings. The normalized spacial score (nSPS) is 11.4. The van der Waals surface area contributed by atoms with Crippen LogP contribution in [0, 0.1) is 6.92 Å². The van der Waals surface area contributed by atoms with Crippen LogP contribution in [0.4, 0.5) is 0 Å². The Morgan fingerprint density at radius 1 is 0.639 bits per heavy atom. The lowest BCUT2D eigenvalue weighted by Gasteiger charge is -2.08. The van der Waals surface area contributed by atoms with Gasteiger partial charge in [0.25, 0.3) is 15.9 Å². The van der Waals surface area contributed by atoms with Crippen LogP contribution in [0.5, 0.6) is 0 Å². The summed E-state index contributed by atoms with van der Waals surface area (Å²) in [7, 11) is -3.79. The van der Waals surface area contributed by atoms with E-state index in [-0.39, 0.29) is 36.9 Å². The Bertz CT molecular complexity index is 1010. The lowest BCUT2D eigenvalue weighted by molar-refractivity contribution is -0.139. The van der Waals surface area contributed by atoms with Crippen molar-refractivity contribution in [3.8, 4) is 0 Å². The molecule has 0 aliphatic rings. The van der Waals surface area contributed by atoms with Crippen molar-refractivity contribution in [2.75, 3.05) is 66.1 Å². The van der Waals surface area contributed by atoms with E-state index in [1.807, 2.05) is 6.92 Å². The molecule has 36 heavy (non-hydrogen) atoms. The van der Waals surface area contributed by atoms with Gasteiger partial charge in [0, 0.05) is 5.56 Å². The molecule has 0 radical (unpaired) electrons. The topological polar surface area (TPSA) is 124 Å². The fraction of sp³-hybridized carbons (Fsp3) is 0.440. The summed E-state index contributed by atoms with van der Waals surface area (Å²) in [5, 5.41) is 0. The van der Waals surface area contributed by atoms with Crippen molar-refractivity contribution in [1.82, 2.24) is 0 Å². The summed E-state index contributed by atoms with van der Waals surface area (Å²) in [6.07, 6.45) is 0. The van der Waals surface area contributed by atoms with Crippen molar-refractivity contribution in [2.45, 2.75) is 11.8 Å². The number of ether oxygens (including phenoxy) is 5. The average Bonchev–Trinajstić information content (AvgIpc) is 2.88. The van der Waals surface area contributed by atoms with Crippen molar-refractivity contribution >= 4 is 21.9 Å². The molecule has 0 saturated carbocycles. The first kappa shape index (κ1) is 29.6. The molecule has 2 rings (SSSR count). The van der Waals surface area contributed by atoms with Crippen LogP contribution < -0.4 is 0 Å². The summed E-state index contributed by atoms with van der Waals surface area (Å²) >= 11 is 0. The zero-order valence-corrected chi connectivity index (χ0v) is 21.1. The summed E-state index contributed by atoms with van der Waals surface area (Å²) in [5.41, 5.74) is 1.24. The predicted octanol–water partition coefficient (Wildman–Crippen LogP) is 2.19. The molecule has 0 atom stereocenters. The molecule has 0 N–H and O–H groups in total. The molecule has 2 aromatic carbocycles. The molecule has 0 heterocycles. The van der Waals surface area contributed by atoms with Crippen LogP contribution in [-0.4, -0.2) is 86.2 Å². The molecule has 0 saturated heterocycles. The maximum atomic E-state index is 12.0. The number of benzene rings is 2. The van der Waals surface area contributed by atoms with Gasteiger partial charge in [-0.05, 0) is 19.1 Å². The highest BCUT2D eigenvalue weighted by atomic mass is 32.2. The third-order valence-electron chi connectivity index (χ3n) is 4.57. The van der Waals surface area contributed by atoms with Crippen molar-refractivity contribution in [1.29, 1.82) is 0 Å². The molecule has 0 aliphatic heterocycles. The van der Waals surface area contributed by atoms with E-state index in [4.69, 9.17) is 27.9 Å². The first-order valence-corrected chi connectivity index (χ1v) is 12.8. The minimum atomic E-state index is -3.79. The summed E-state index contributed by atoms with van der Waals surface area (Å²) in [5.74, 6) is -1.61. The Balaban J connectivity index is 1.35. The third-order valence-corrected chi connectivity index (χ3v) is 5.90. The van der Waals surface area contributed by atoms with E-state index < -0.39 is 21.9 Å². The summed E-state index contributed by atoms with van der Waals surface area (Å²) in [6, 6.07) is 14.6. The summed E-state index contributed by atoms with van der Waals surface area (Å²) in [4.78, 5) is 23.6. The van der Waals surface area contributed by atoms with E-state index in [0.29, 0.717) is 39.6 Å². The number of Topliss-reactive ketones (excluding diaryl/α,β-unsaturated/α-hetero) is 1. The number of hydrogen-bond acceptors (Lipinski definition) is 10. The molecule has 10 nitrogen and oxygen atoms in total. The SMILES string of the molecule is Cc1ccc(S(=O)(=O)OCCOCCOCCOCCOCCOC(=O)C(=O)c2ccccc2)cc1. The van der Waals surface area contributed by atoms with Gasteiger partial charge in [-0.15, -0.1) is 0 Å². The van der Waals surface area contributed by atoms with Gasteiger partial charge < -0.3 is 23.7 Å². The van der Waals surface area contributed by atoms with Crippen molar-refractivity contribution in [3.63, 3.8) is 0 Å². The lowest BCUT2D eigenvalue weighted by Crippen LogP contribution is -2.20. The minimum Gasteiger partial charge on any atom is -0.457 e. The van der Waals surface area contributed by atoms with Crippen LogP contribution in [0.2, 0.25) is 0 Å². The molecule has 198 valence electrons. The molecular weight excluding hydrogens is 492 g/mol. The van der Waals surface area contributed by atoms with Gasteiger partial charge in [-0.2, -0.15) is 8.42 Å². The molecule has 0 fully saturated rings. The van der Waals surface area contributed by atoms with Crippen molar-refractivity contribution in [3.05, 3.63) is 65.7 Å². The molecule has 0 aliphatic carbocycles. The average molecular weight is 525 g/mol. The van der Waals surface area contributed by atoms with Crippen LogP contribution in [0.15, 0.2) is 59.5 Å². The van der Waals surface area contributed by atoms with Gasteiger partial charge in [0.2, 0.25) is 0 Å². The van der Waals surface area contributed by atoms with Crippen LogP contribution in [0.1, 0.15) is 15.9 Å². The highest BCUT2D eigenvalue weighted by Gasteiger charge is 2.17. The highest BCUT2D eigenvalue weighted by molar-refractivity contribution is 7.86. The molecule has 0 aromatic heterocycles. The standard InChI is InChI=1S/C25H32O10S/c1-21-7-9-23(10-8-21)36(28,29)35-20-18-33-16-14-31-12-11-30-13-15-32-17-19-34-25(27)24(26)22-5-3-2-4-6-22/h2-10H,11-20H2,1H3. The zero-order valence-electron chi connectivity index (χ0n) is 20.3. The quantitative estimate of drug-likeness (QED) is 0.0888. The number of ketones is 1. The first-order chi connectivity index (χ1) is 17.4. The predicted molar refractivity (Wildman–Crippen MR) is 129 cm³/mol. The van der Waals surface area contributed by atoms with E-state index in [1.165, 1.54) is 12.1 Å². The minimum absolute atomic E-state index is 0.0244. The largest absolute Gasteiger partial charge is 0.457 e. The van der Waals surface area contributed by atoms with Gasteiger partial charge in [-0.25, -0.2) is 4.79 Å². The fourth-order valence-corrected chi connectivity index (χ4v) is 3.60.